The Morgan fingerprint density at radius 1 is 1.43 bits per heavy atom. The number of anilines is 1. The van der Waals surface area contributed by atoms with Crippen LogP contribution in [0, 0.1) is 12.7 Å². The number of hydrogen-bond acceptors (Lipinski definition) is 3. The van der Waals surface area contributed by atoms with Crippen LogP contribution in [0.15, 0.2) is 28.9 Å². The lowest BCUT2D eigenvalue weighted by Crippen LogP contribution is -1.90. The molecule has 3 nitrogen and oxygen atoms in total. The third-order valence-corrected chi connectivity index (χ3v) is 2.03. The fourth-order valence-electron chi connectivity index (χ4n) is 1.27. The molecule has 2 N–H and O–H groups in total. The molecule has 1 aromatic carbocycles. The Kier molecular flexibility index (Phi) is 1.96. The lowest BCUT2D eigenvalue weighted by Gasteiger charge is -2.01. The standard InChI is InChI=1S/C10H9FN2O/c1-6-3-2-4-7(9(6)11)10-8(12)5-13-14-10/h2-5H,12H2,1H3. The van der Waals surface area contributed by atoms with Gasteiger partial charge in [0.15, 0.2) is 5.76 Å². The summed E-state index contributed by atoms with van der Waals surface area (Å²) in [5, 5.41) is 3.50. The quantitative estimate of drug-likeness (QED) is 0.754. The molecule has 2 rings (SSSR count). The predicted octanol–water partition coefficient (Wildman–Crippen LogP) is 2.37. The zero-order valence-corrected chi connectivity index (χ0v) is 7.62. The number of nitrogens with zero attached hydrogens (tertiary/aromatic N) is 1. The number of nitrogens with two attached hydrogens (primary N) is 1. The second-order valence-electron chi connectivity index (χ2n) is 3.05. The first-order valence-corrected chi connectivity index (χ1v) is 4.16. The third-order valence-electron chi connectivity index (χ3n) is 2.03. The SMILES string of the molecule is Cc1cccc(-c2oncc2N)c1F. The number of rotatable bonds is 1. The lowest BCUT2D eigenvalue weighted by molar-refractivity contribution is 0.430. The van der Waals surface area contributed by atoms with Crippen molar-refractivity contribution in [2.24, 2.45) is 0 Å². The third kappa shape index (κ3) is 1.25. The number of benzene rings is 1. The minimum atomic E-state index is -0.323. The number of hydrogen-bond donors (Lipinski definition) is 1. The molecule has 0 aliphatic carbocycles. The average Bonchev–Trinajstić information content (AvgIpc) is 2.57. The van der Waals surface area contributed by atoms with E-state index in [0.29, 0.717) is 16.8 Å². The molecule has 14 heavy (non-hydrogen) atoms. The molecule has 0 aliphatic rings. The van der Waals surface area contributed by atoms with Gasteiger partial charge in [-0.1, -0.05) is 17.3 Å². The van der Waals surface area contributed by atoms with Gasteiger partial charge < -0.3 is 10.3 Å². The van der Waals surface area contributed by atoms with Crippen molar-refractivity contribution < 1.29 is 8.91 Å². The summed E-state index contributed by atoms with van der Waals surface area (Å²) < 4.78 is 18.5. The summed E-state index contributed by atoms with van der Waals surface area (Å²) in [6.07, 6.45) is 1.36. The first-order valence-electron chi connectivity index (χ1n) is 4.16. The van der Waals surface area contributed by atoms with Gasteiger partial charge in [-0.15, -0.1) is 0 Å². The summed E-state index contributed by atoms with van der Waals surface area (Å²) in [6, 6.07) is 5.04. The van der Waals surface area contributed by atoms with Crippen molar-refractivity contribution in [2.45, 2.75) is 6.92 Å². The second-order valence-corrected chi connectivity index (χ2v) is 3.05. The first-order chi connectivity index (χ1) is 6.70. The van der Waals surface area contributed by atoms with Crippen LogP contribution < -0.4 is 5.73 Å². The molecule has 0 bridgehead atoms. The van der Waals surface area contributed by atoms with E-state index < -0.39 is 0 Å². The molecule has 1 aromatic heterocycles. The summed E-state index contributed by atoms with van der Waals surface area (Å²) in [5.74, 6) is -0.0397. The largest absolute Gasteiger partial charge is 0.394 e. The lowest BCUT2D eigenvalue weighted by atomic mass is 10.1. The van der Waals surface area contributed by atoms with Gasteiger partial charge in [0.1, 0.15) is 11.5 Å². The Labute approximate surface area is 80.3 Å². The molecular weight excluding hydrogens is 183 g/mol. The molecular formula is C10H9FN2O. The molecule has 4 heteroatoms. The van der Waals surface area contributed by atoms with Crippen molar-refractivity contribution in [1.82, 2.24) is 5.16 Å². The normalized spacial score (nSPS) is 10.4. The van der Waals surface area contributed by atoms with Gasteiger partial charge in [-0.25, -0.2) is 4.39 Å². The first kappa shape index (κ1) is 8.74. The van der Waals surface area contributed by atoms with Crippen molar-refractivity contribution in [1.29, 1.82) is 0 Å². The van der Waals surface area contributed by atoms with E-state index in [0.717, 1.165) is 0 Å². The van der Waals surface area contributed by atoms with E-state index >= 15 is 0 Å². The highest BCUT2D eigenvalue weighted by Crippen LogP contribution is 2.28. The van der Waals surface area contributed by atoms with E-state index in [9.17, 15) is 4.39 Å². The van der Waals surface area contributed by atoms with E-state index in [2.05, 4.69) is 5.16 Å². The van der Waals surface area contributed by atoms with Gasteiger partial charge in [0, 0.05) is 0 Å². The van der Waals surface area contributed by atoms with Gasteiger partial charge in [-0.2, -0.15) is 0 Å². The Hall–Kier alpha value is -1.84. The smallest absolute Gasteiger partial charge is 0.192 e. The van der Waals surface area contributed by atoms with Crippen molar-refractivity contribution in [2.75, 3.05) is 5.73 Å². The van der Waals surface area contributed by atoms with E-state index in [1.165, 1.54) is 6.20 Å². The van der Waals surface area contributed by atoms with Crippen LogP contribution in [0.25, 0.3) is 11.3 Å². The van der Waals surface area contributed by atoms with E-state index in [1.807, 2.05) is 0 Å². The second kappa shape index (κ2) is 3.14. The molecule has 1 heterocycles. The highest BCUT2D eigenvalue weighted by molar-refractivity contribution is 5.70. The highest BCUT2D eigenvalue weighted by Gasteiger charge is 2.13. The highest BCUT2D eigenvalue weighted by atomic mass is 19.1. The molecule has 0 fully saturated rings. The van der Waals surface area contributed by atoms with Crippen LogP contribution in [0.2, 0.25) is 0 Å². The Balaban J connectivity index is 2.63. The zero-order valence-electron chi connectivity index (χ0n) is 7.62. The molecule has 0 saturated heterocycles. The van der Waals surface area contributed by atoms with Crippen LogP contribution >= 0.6 is 0 Å². The fourth-order valence-corrected chi connectivity index (χ4v) is 1.27. The molecule has 72 valence electrons. The fraction of sp³-hybridized carbons (Fsp3) is 0.100. The number of aryl methyl sites for hydroxylation is 1. The summed E-state index contributed by atoms with van der Waals surface area (Å²) in [7, 11) is 0. The molecule has 2 aromatic rings. The monoisotopic (exact) mass is 192 g/mol. The van der Waals surface area contributed by atoms with Gasteiger partial charge in [-0.3, -0.25) is 0 Å². The molecule has 0 spiro atoms. The van der Waals surface area contributed by atoms with Crippen LogP contribution in [0.1, 0.15) is 5.56 Å². The average molecular weight is 192 g/mol. The van der Waals surface area contributed by atoms with Crippen molar-refractivity contribution in [3.8, 4) is 11.3 Å². The Morgan fingerprint density at radius 3 is 2.86 bits per heavy atom. The maximum atomic E-state index is 13.6. The molecule has 0 aliphatic heterocycles. The summed E-state index contributed by atoms with van der Waals surface area (Å²) in [6.45, 7) is 1.69. The maximum absolute atomic E-state index is 13.6. The van der Waals surface area contributed by atoms with E-state index in [-0.39, 0.29) is 11.6 Å². The van der Waals surface area contributed by atoms with Crippen LogP contribution in [0.4, 0.5) is 10.1 Å². The van der Waals surface area contributed by atoms with E-state index in [1.54, 1.807) is 25.1 Å². The summed E-state index contributed by atoms with van der Waals surface area (Å²) in [4.78, 5) is 0. The molecule has 0 saturated carbocycles. The van der Waals surface area contributed by atoms with Crippen LogP contribution in [0.5, 0.6) is 0 Å². The number of nitrogen functional groups attached to an aromatic ring is 1. The Morgan fingerprint density at radius 2 is 2.21 bits per heavy atom. The minimum absolute atomic E-state index is 0.284. The molecule has 0 unspecified atom stereocenters. The van der Waals surface area contributed by atoms with Crippen LogP contribution in [-0.2, 0) is 0 Å². The summed E-state index contributed by atoms with van der Waals surface area (Å²) in [5.41, 5.74) is 6.81. The van der Waals surface area contributed by atoms with E-state index in [4.69, 9.17) is 10.3 Å². The minimum Gasteiger partial charge on any atom is -0.394 e. The zero-order chi connectivity index (χ0) is 10.1. The van der Waals surface area contributed by atoms with Gasteiger partial charge >= 0.3 is 0 Å². The predicted molar refractivity (Wildman–Crippen MR) is 51.0 cm³/mol. The molecule has 0 atom stereocenters. The number of aromatic nitrogens is 1. The van der Waals surface area contributed by atoms with Crippen molar-refractivity contribution >= 4 is 5.69 Å². The van der Waals surface area contributed by atoms with Gasteiger partial charge in [0.05, 0.1) is 11.8 Å². The van der Waals surface area contributed by atoms with Crippen molar-refractivity contribution in [3.05, 3.63) is 35.8 Å². The maximum Gasteiger partial charge on any atom is 0.192 e. The Bertz CT molecular complexity index is 465. The molecule has 0 amide bonds. The molecule has 0 radical (unpaired) electrons. The number of halogens is 1. The summed E-state index contributed by atoms with van der Waals surface area (Å²) >= 11 is 0. The van der Waals surface area contributed by atoms with Gasteiger partial charge in [0.2, 0.25) is 0 Å². The van der Waals surface area contributed by atoms with Crippen LogP contribution in [-0.4, -0.2) is 5.16 Å². The van der Waals surface area contributed by atoms with Crippen LogP contribution in [0.3, 0.4) is 0 Å². The van der Waals surface area contributed by atoms with Gasteiger partial charge in [0.25, 0.3) is 0 Å². The van der Waals surface area contributed by atoms with Gasteiger partial charge in [-0.05, 0) is 18.6 Å². The van der Waals surface area contributed by atoms with Crippen molar-refractivity contribution in [3.63, 3.8) is 0 Å². The topological polar surface area (TPSA) is 52.0 Å².